The van der Waals surface area contributed by atoms with Crippen molar-refractivity contribution in [3.8, 4) is 0 Å². The number of nitrogens with zero attached hydrogens (tertiary/aromatic N) is 1. The van der Waals surface area contributed by atoms with Gasteiger partial charge in [0.25, 0.3) is 0 Å². The first kappa shape index (κ1) is 17.9. The number of benzene rings is 1. The van der Waals surface area contributed by atoms with E-state index < -0.39 is 16.4 Å². The predicted octanol–water partition coefficient (Wildman–Crippen LogP) is 3.85. The number of hydrogen-bond acceptors (Lipinski definition) is 2. The van der Waals surface area contributed by atoms with Crippen molar-refractivity contribution in [3.63, 3.8) is 0 Å². The van der Waals surface area contributed by atoms with Crippen LogP contribution >= 0.6 is 0 Å². The summed E-state index contributed by atoms with van der Waals surface area (Å²) in [6.45, 7) is 19.9. The van der Waals surface area contributed by atoms with Gasteiger partial charge < -0.3 is 4.43 Å². The van der Waals surface area contributed by atoms with Gasteiger partial charge >= 0.3 is 0 Å². The maximum Gasteiger partial charge on any atom is 0.192 e. The summed E-state index contributed by atoms with van der Waals surface area (Å²) in [7, 11) is -2.95. The van der Waals surface area contributed by atoms with Gasteiger partial charge in [-0.1, -0.05) is 69.4 Å². The van der Waals surface area contributed by atoms with E-state index in [9.17, 15) is 0 Å². The van der Waals surface area contributed by atoms with Gasteiger partial charge in [-0.15, -0.1) is 0 Å². The van der Waals surface area contributed by atoms with Crippen LogP contribution < -0.4 is 5.19 Å². The molecule has 0 radical (unpaired) electrons. The Morgan fingerprint density at radius 2 is 1.68 bits per heavy atom. The van der Waals surface area contributed by atoms with E-state index in [1.54, 1.807) is 5.19 Å². The van der Waals surface area contributed by atoms with Crippen LogP contribution in [0.1, 0.15) is 20.8 Å². The quantitative estimate of drug-likeness (QED) is 0.578. The summed E-state index contributed by atoms with van der Waals surface area (Å²) in [6.07, 6.45) is 0. The van der Waals surface area contributed by atoms with E-state index in [1.807, 2.05) is 0 Å². The van der Waals surface area contributed by atoms with E-state index in [2.05, 4.69) is 82.2 Å². The fourth-order valence-corrected chi connectivity index (χ4v) is 7.01. The zero-order chi connectivity index (χ0) is 16.6. The van der Waals surface area contributed by atoms with E-state index in [1.165, 1.54) is 6.54 Å². The lowest BCUT2D eigenvalue weighted by molar-refractivity contribution is 0.265. The first-order valence-corrected chi connectivity index (χ1v) is 14.5. The minimum absolute atomic E-state index is 0.309. The molecule has 1 aromatic rings. The smallest absolute Gasteiger partial charge is 0.192 e. The molecule has 0 aromatic heterocycles. The second-order valence-corrected chi connectivity index (χ2v) is 18.2. The molecule has 2 atom stereocenters. The fourth-order valence-electron chi connectivity index (χ4n) is 2.80. The van der Waals surface area contributed by atoms with Gasteiger partial charge in [-0.3, -0.25) is 4.90 Å². The van der Waals surface area contributed by atoms with Crippen LogP contribution in [0.2, 0.25) is 31.2 Å². The Hall–Kier alpha value is -0.426. The average molecular weight is 336 g/mol. The minimum Gasteiger partial charge on any atom is -0.416 e. The van der Waals surface area contributed by atoms with E-state index in [0.29, 0.717) is 5.04 Å². The Bertz CT molecular complexity index is 494. The van der Waals surface area contributed by atoms with Gasteiger partial charge in [0.05, 0.1) is 0 Å². The SMILES string of the molecule is CC(C)(C)[Si](C)(C)OCCN1C[C@H]1[Si](C)(C)c1ccccc1. The molecule has 1 aliphatic rings. The van der Waals surface area contributed by atoms with Crippen LogP contribution in [0.15, 0.2) is 30.3 Å². The molecular formula is C18H33NOSi2. The molecule has 124 valence electrons. The largest absolute Gasteiger partial charge is 0.416 e. The Kier molecular flexibility index (Phi) is 5.07. The molecule has 1 fully saturated rings. The zero-order valence-corrected chi connectivity index (χ0v) is 17.4. The summed E-state index contributed by atoms with van der Waals surface area (Å²) in [5.41, 5.74) is 0.790. The Morgan fingerprint density at radius 1 is 1.09 bits per heavy atom. The molecule has 0 saturated carbocycles. The van der Waals surface area contributed by atoms with Gasteiger partial charge in [-0.2, -0.15) is 0 Å². The van der Waals surface area contributed by atoms with Crippen molar-refractivity contribution in [2.45, 2.75) is 57.7 Å². The van der Waals surface area contributed by atoms with Crippen molar-refractivity contribution in [1.82, 2.24) is 4.90 Å². The molecule has 0 N–H and O–H groups in total. The molecule has 4 heteroatoms. The van der Waals surface area contributed by atoms with Gasteiger partial charge in [0.1, 0.15) is 8.07 Å². The fraction of sp³-hybridized carbons (Fsp3) is 0.667. The van der Waals surface area contributed by atoms with Crippen LogP contribution in [0.3, 0.4) is 0 Å². The van der Waals surface area contributed by atoms with Crippen LogP contribution in [0.5, 0.6) is 0 Å². The van der Waals surface area contributed by atoms with Gasteiger partial charge in [-0.05, 0) is 18.1 Å². The first-order chi connectivity index (χ1) is 10.1. The summed E-state index contributed by atoms with van der Waals surface area (Å²) in [5.74, 6) is 0. The maximum atomic E-state index is 6.32. The number of hydrogen-bond donors (Lipinski definition) is 0. The van der Waals surface area contributed by atoms with Gasteiger partial charge in [0, 0.05) is 25.4 Å². The Balaban J connectivity index is 1.84. The topological polar surface area (TPSA) is 12.2 Å². The van der Waals surface area contributed by atoms with Crippen LogP contribution in [-0.2, 0) is 4.43 Å². The summed E-state index contributed by atoms with van der Waals surface area (Å²) in [5, 5.41) is 1.89. The highest BCUT2D eigenvalue weighted by atomic mass is 28.4. The van der Waals surface area contributed by atoms with E-state index in [-0.39, 0.29) is 0 Å². The summed E-state index contributed by atoms with van der Waals surface area (Å²) in [6, 6.07) is 11.1. The van der Waals surface area contributed by atoms with E-state index in [4.69, 9.17) is 4.43 Å². The summed E-state index contributed by atoms with van der Waals surface area (Å²) in [4.78, 5) is 2.62. The minimum atomic E-state index is -1.59. The van der Waals surface area contributed by atoms with Crippen molar-refractivity contribution >= 4 is 21.6 Å². The van der Waals surface area contributed by atoms with E-state index >= 15 is 0 Å². The van der Waals surface area contributed by atoms with Crippen LogP contribution in [0, 0.1) is 0 Å². The molecule has 22 heavy (non-hydrogen) atoms. The second kappa shape index (κ2) is 6.23. The molecular weight excluding hydrogens is 302 g/mol. The first-order valence-electron chi connectivity index (χ1n) is 8.49. The highest BCUT2D eigenvalue weighted by Gasteiger charge is 2.47. The monoisotopic (exact) mass is 335 g/mol. The molecule has 1 saturated heterocycles. The maximum absolute atomic E-state index is 6.32. The van der Waals surface area contributed by atoms with E-state index in [0.717, 1.165) is 18.8 Å². The molecule has 0 aliphatic carbocycles. The Morgan fingerprint density at radius 3 is 2.23 bits per heavy atom. The lowest BCUT2D eigenvalue weighted by Gasteiger charge is -2.36. The second-order valence-electron chi connectivity index (χ2n) is 8.71. The molecule has 0 amide bonds. The lowest BCUT2D eigenvalue weighted by atomic mass is 10.2. The van der Waals surface area contributed by atoms with Crippen LogP contribution in [0.25, 0.3) is 0 Å². The normalized spacial score (nSPS) is 22.7. The highest BCUT2D eigenvalue weighted by molar-refractivity contribution is 6.91. The molecule has 2 nitrogen and oxygen atoms in total. The summed E-state index contributed by atoms with van der Waals surface area (Å²) < 4.78 is 6.32. The van der Waals surface area contributed by atoms with Gasteiger partial charge in [0.15, 0.2) is 8.32 Å². The third-order valence-corrected chi connectivity index (χ3v) is 14.3. The summed E-state index contributed by atoms with van der Waals surface area (Å²) >= 11 is 0. The molecule has 1 aliphatic heterocycles. The van der Waals surface area contributed by atoms with Crippen LogP contribution in [-0.4, -0.2) is 46.7 Å². The molecule has 1 aromatic carbocycles. The standard InChI is InChI=1S/C18H33NOSi2/c1-18(2,3)22(6,7)20-14-13-19-15-17(19)21(4,5)16-11-9-8-10-12-16/h8-12,17H,13-15H2,1-7H3/t17-,19?/m1/s1. The average Bonchev–Trinajstić information content (AvgIpc) is 3.18. The van der Waals surface area contributed by atoms with Crippen molar-refractivity contribution in [2.24, 2.45) is 0 Å². The van der Waals surface area contributed by atoms with Crippen molar-refractivity contribution in [1.29, 1.82) is 0 Å². The molecule has 1 heterocycles. The zero-order valence-electron chi connectivity index (χ0n) is 15.4. The van der Waals surface area contributed by atoms with Gasteiger partial charge in [0.2, 0.25) is 0 Å². The molecule has 1 unspecified atom stereocenters. The number of rotatable bonds is 6. The van der Waals surface area contributed by atoms with Crippen molar-refractivity contribution in [3.05, 3.63) is 30.3 Å². The van der Waals surface area contributed by atoms with Crippen molar-refractivity contribution in [2.75, 3.05) is 19.7 Å². The molecule has 0 bridgehead atoms. The van der Waals surface area contributed by atoms with Gasteiger partial charge in [-0.25, -0.2) is 0 Å². The predicted molar refractivity (Wildman–Crippen MR) is 102 cm³/mol. The Labute approximate surface area is 139 Å². The third kappa shape index (κ3) is 3.91. The van der Waals surface area contributed by atoms with Crippen molar-refractivity contribution < 1.29 is 4.43 Å². The molecule has 0 spiro atoms. The molecule has 2 rings (SSSR count). The lowest BCUT2D eigenvalue weighted by Crippen LogP contribution is -2.49. The third-order valence-electron chi connectivity index (χ3n) is 5.71. The highest BCUT2D eigenvalue weighted by Crippen LogP contribution is 2.36. The van der Waals surface area contributed by atoms with Crippen LogP contribution in [0.4, 0.5) is 0 Å².